The van der Waals surface area contributed by atoms with Crippen LogP contribution in [0.2, 0.25) is 0 Å². The van der Waals surface area contributed by atoms with Crippen LogP contribution in [0, 0.1) is 0 Å². The molecular formula is C19H22N6O6. The third kappa shape index (κ3) is 6.66. The van der Waals surface area contributed by atoms with Crippen molar-refractivity contribution < 1.29 is 29.0 Å². The van der Waals surface area contributed by atoms with Crippen molar-refractivity contribution >= 4 is 41.3 Å². The predicted octanol–water partition coefficient (Wildman–Crippen LogP) is 4.61. The Hall–Kier alpha value is -4.22. The number of hydrogen-bond donors (Lipinski definition) is 3. The fraction of sp³-hybridized carbons (Fsp3) is 0.263. The van der Waals surface area contributed by atoms with Gasteiger partial charge >= 0.3 is 18.3 Å². The molecular weight excluding hydrogens is 408 g/mol. The molecule has 12 nitrogen and oxygen atoms in total. The number of amides is 3. The Labute approximate surface area is 177 Å². The van der Waals surface area contributed by atoms with Crippen LogP contribution >= 0.6 is 0 Å². The van der Waals surface area contributed by atoms with E-state index in [2.05, 4.69) is 25.3 Å². The quantitative estimate of drug-likeness (QED) is 0.542. The number of methoxy groups -OCH3 is 1. The lowest BCUT2D eigenvalue weighted by molar-refractivity contribution is 0.157. The van der Waals surface area contributed by atoms with Gasteiger partial charge in [0.25, 0.3) is 0 Å². The molecule has 1 aromatic carbocycles. The van der Waals surface area contributed by atoms with Gasteiger partial charge in [0.05, 0.1) is 12.8 Å². The average Bonchev–Trinajstić information content (AvgIpc) is 2.75. The molecule has 2 rings (SSSR count). The standard InChI is InChI=1S/C19H22N6O6/c1-4-25(5-2)19(29)31-14-11-13(24-23-12-9-7-6-8-10-12)15(22-18(28)30-3)20-16(14)21-17(26)27/h6-11H,4-5H2,1-3H3,(H,26,27)(H2,20,21,22,28)/b24-23+. The number of benzene rings is 1. The van der Waals surface area contributed by atoms with Gasteiger partial charge in [-0.2, -0.15) is 5.11 Å². The minimum Gasteiger partial charge on any atom is -0.465 e. The molecule has 0 spiro atoms. The number of aromatic nitrogens is 1. The molecule has 0 aliphatic rings. The van der Waals surface area contributed by atoms with E-state index in [4.69, 9.17) is 9.84 Å². The Morgan fingerprint density at radius 2 is 1.74 bits per heavy atom. The first-order chi connectivity index (χ1) is 14.9. The van der Waals surface area contributed by atoms with E-state index in [1.807, 2.05) is 11.4 Å². The average molecular weight is 430 g/mol. The number of carbonyl (C=O) groups is 3. The van der Waals surface area contributed by atoms with Crippen LogP contribution in [0.4, 0.5) is 37.4 Å². The van der Waals surface area contributed by atoms with E-state index < -0.39 is 18.3 Å². The van der Waals surface area contributed by atoms with Gasteiger partial charge in [-0.05, 0) is 26.0 Å². The molecule has 1 heterocycles. The molecule has 0 aliphatic carbocycles. The molecule has 3 N–H and O–H groups in total. The minimum atomic E-state index is -1.45. The van der Waals surface area contributed by atoms with Gasteiger partial charge in [0.15, 0.2) is 17.4 Å². The molecule has 0 atom stereocenters. The summed E-state index contributed by atoms with van der Waals surface area (Å²) in [4.78, 5) is 40.7. The first-order valence-corrected chi connectivity index (χ1v) is 9.21. The van der Waals surface area contributed by atoms with Crippen LogP contribution in [0.3, 0.4) is 0 Å². The third-order valence-corrected chi connectivity index (χ3v) is 3.85. The molecule has 3 amide bonds. The molecule has 0 radical (unpaired) electrons. The molecule has 0 saturated heterocycles. The highest BCUT2D eigenvalue weighted by Gasteiger charge is 2.21. The summed E-state index contributed by atoms with van der Waals surface area (Å²) < 4.78 is 9.88. The second-order valence-corrected chi connectivity index (χ2v) is 5.83. The van der Waals surface area contributed by atoms with E-state index in [0.717, 1.165) is 7.11 Å². The van der Waals surface area contributed by atoms with E-state index in [9.17, 15) is 14.4 Å². The third-order valence-electron chi connectivity index (χ3n) is 3.85. The van der Waals surface area contributed by atoms with Gasteiger partial charge in [0.2, 0.25) is 0 Å². The smallest absolute Gasteiger partial charge is 0.415 e. The van der Waals surface area contributed by atoms with Gasteiger partial charge in [0.1, 0.15) is 5.69 Å². The van der Waals surface area contributed by atoms with Crippen molar-refractivity contribution in [1.29, 1.82) is 0 Å². The van der Waals surface area contributed by atoms with Gasteiger partial charge in [-0.3, -0.25) is 10.6 Å². The van der Waals surface area contributed by atoms with Crippen LogP contribution in [-0.4, -0.2) is 53.5 Å². The van der Waals surface area contributed by atoms with Gasteiger partial charge in [-0.1, -0.05) is 18.2 Å². The molecule has 31 heavy (non-hydrogen) atoms. The van der Waals surface area contributed by atoms with Crippen molar-refractivity contribution in [2.24, 2.45) is 10.2 Å². The molecule has 0 saturated carbocycles. The number of hydrogen-bond acceptors (Lipinski definition) is 8. The van der Waals surface area contributed by atoms with Crippen molar-refractivity contribution in [3.8, 4) is 5.75 Å². The van der Waals surface area contributed by atoms with E-state index in [1.54, 1.807) is 38.1 Å². The van der Waals surface area contributed by atoms with Crippen LogP contribution < -0.4 is 15.4 Å². The highest BCUT2D eigenvalue weighted by molar-refractivity contribution is 5.91. The summed E-state index contributed by atoms with van der Waals surface area (Å²) >= 11 is 0. The van der Waals surface area contributed by atoms with Crippen LogP contribution in [-0.2, 0) is 4.74 Å². The van der Waals surface area contributed by atoms with E-state index >= 15 is 0 Å². The molecule has 12 heteroatoms. The molecule has 0 unspecified atom stereocenters. The monoisotopic (exact) mass is 430 g/mol. The van der Waals surface area contributed by atoms with E-state index in [0.29, 0.717) is 18.8 Å². The Bertz CT molecular complexity index is 962. The second-order valence-electron chi connectivity index (χ2n) is 5.83. The van der Waals surface area contributed by atoms with Crippen molar-refractivity contribution in [3.05, 3.63) is 36.4 Å². The number of nitrogens with zero attached hydrogens (tertiary/aromatic N) is 4. The van der Waals surface area contributed by atoms with Gasteiger partial charge in [-0.15, -0.1) is 5.11 Å². The van der Waals surface area contributed by atoms with Gasteiger partial charge < -0.3 is 19.5 Å². The summed E-state index contributed by atoms with van der Waals surface area (Å²) in [5, 5.41) is 21.6. The lowest BCUT2D eigenvalue weighted by atomic mass is 10.3. The number of pyridine rings is 1. The topological polar surface area (TPSA) is 155 Å². The maximum Gasteiger partial charge on any atom is 0.415 e. The summed E-state index contributed by atoms with van der Waals surface area (Å²) in [6.07, 6.45) is -3.02. The first-order valence-electron chi connectivity index (χ1n) is 9.21. The van der Waals surface area contributed by atoms with E-state index in [-0.39, 0.29) is 23.1 Å². The minimum absolute atomic E-state index is 0.00698. The highest BCUT2D eigenvalue weighted by atomic mass is 16.6. The highest BCUT2D eigenvalue weighted by Crippen LogP contribution is 2.35. The Morgan fingerprint density at radius 3 is 2.32 bits per heavy atom. The van der Waals surface area contributed by atoms with Crippen LogP contribution in [0.5, 0.6) is 5.75 Å². The number of ether oxygens (including phenoxy) is 2. The normalized spacial score (nSPS) is 10.4. The molecule has 1 aromatic heterocycles. The Morgan fingerprint density at radius 1 is 1.06 bits per heavy atom. The number of azo groups is 1. The molecule has 0 bridgehead atoms. The van der Waals surface area contributed by atoms with Crippen LogP contribution in [0.25, 0.3) is 0 Å². The van der Waals surface area contributed by atoms with Crippen LogP contribution in [0.1, 0.15) is 13.8 Å². The van der Waals surface area contributed by atoms with Gasteiger partial charge in [0, 0.05) is 19.2 Å². The van der Waals surface area contributed by atoms with E-state index in [1.165, 1.54) is 11.0 Å². The van der Waals surface area contributed by atoms with Crippen molar-refractivity contribution in [3.63, 3.8) is 0 Å². The van der Waals surface area contributed by atoms with Crippen molar-refractivity contribution in [2.75, 3.05) is 30.8 Å². The lowest BCUT2D eigenvalue weighted by Crippen LogP contribution is -2.33. The summed E-state index contributed by atoms with van der Waals surface area (Å²) in [5.41, 5.74) is 0.522. The SMILES string of the molecule is CCN(CC)C(=O)Oc1cc(/N=N/c2ccccc2)c(NC(=O)OC)nc1NC(=O)O. The Balaban J connectivity index is 2.53. The molecule has 0 aliphatic heterocycles. The van der Waals surface area contributed by atoms with Crippen molar-refractivity contribution in [2.45, 2.75) is 13.8 Å². The summed E-state index contributed by atoms with van der Waals surface area (Å²) in [5.74, 6) is -0.687. The molecule has 2 aromatic rings. The number of rotatable bonds is 7. The number of anilines is 2. The summed E-state index contributed by atoms with van der Waals surface area (Å²) in [6.45, 7) is 4.30. The summed E-state index contributed by atoms with van der Waals surface area (Å²) in [7, 11) is 1.15. The predicted molar refractivity (Wildman–Crippen MR) is 111 cm³/mol. The number of nitrogens with one attached hydrogen (secondary N) is 2. The fourth-order valence-electron chi connectivity index (χ4n) is 2.32. The Kier molecular flexibility index (Phi) is 8.25. The number of carbonyl (C=O) groups excluding carboxylic acids is 2. The molecule has 164 valence electrons. The zero-order valence-corrected chi connectivity index (χ0v) is 17.2. The zero-order chi connectivity index (χ0) is 22.8. The maximum atomic E-state index is 12.4. The maximum absolute atomic E-state index is 12.4. The van der Waals surface area contributed by atoms with Crippen molar-refractivity contribution in [1.82, 2.24) is 9.88 Å². The first kappa shape index (κ1) is 23.1. The fourth-order valence-corrected chi connectivity index (χ4v) is 2.32. The van der Waals surface area contributed by atoms with Gasteiger partial charge in [-0.25, -0.2) is 19.4 Å². The molecule has 0 fully saturated rings. The zero-order valence-electron chi connectivity index (χ0n) is 17.2. The number of carboxylic acid groups (broad SMARTS) is 1. The van der Waals surface area contributed by atoms with Crippen LogP contribution in [0.15, 0.2) is 46.6 Å². The summed E-state index contributed by atoms with van der Waals surface area (Å²) in [6, 6.07) is 9.96. The second kappa shape index (κ2) is 11.1. The largest absolute Gasteiger partial charge is 0.465 e. The lowest BCUT2D eigenvalue weighted by Gasteiger charge is -2.19.